The van der Waals surface area contributed by atoms with E-state index in [1.165, 1.54) is 10.9 Å². The molecule has 142 valence electrons. The summed E-state index contributed by atoms with van der Waals surface area (Å²) in [6.07, 6.45) is 1.26. The molecule has 1 aliphatic rings. The van der Waals surface area contributed by atoms with Crippen LogP contribution in [-0.4, -0.2) is 32.0 Å². The number of amides is 1. The summed E-state index contributed by atoms with van der Waals surface area (Å²) in [5, 5.41) is 10.9. The van der Waals surface area contributed by atoms with Gasteiger partial charge in [0, 0.05) is 43.9 Å². The Kier molecular flexibility index (Phi) is 5.55. The summed E-state index contributed by atoms with van der Waals surface area (Å²) in [7, 11) is 0. The molecule has 1 saturated carbocycles. The van der Waals surface area contributed by atoms with Crippen molar-refractivity contribution in [2.75, 3.05) is 6.54 Å². The Bertz CT molecular complexity index is 766. The van der Waals surface area contributed by atoms with Crippen molar-refractivity contribution >= 4 is 17.5 Å². The summed E-state index contributed by atoms with van der Waals surface area (Å²) >= 11 is 5.74. The van der Waals surface area contributed by atoms with Gasteiger partial charge in [-0.2, -0.15) is 23.4 Å². The van der Waals surface area contributed by atoms with Crippen LogP contribution in [0.5, 0.6) is 0 Å². The normalized spacial score (nSPS) is 14.6. The van der Waals surface area contributed by atoms with Crippen molar-refractivity contribution < 1.29 is 18.0 Å². The lowest BCUT2D eigenvalue weighted by molar-refractivity contribution is -0.141. The Morgan fingerprint density at radius 2 is 2.12 bits per heavy atom. The number of rotatable bonds is 8. The van der Waals surface area contributed by atoms with Crippen LogP contribution in [0.15, 0.2) is 18.5 Å². The number of halogens is 4. The van der Waals surface area contributed by atoms with Crippen LogP contribution in [0.1, 0.15) is 43.0 Å². The van der Waals surface area contributed by atoms with Gasteiger partial charge in [0.15, 0.2) is 5.69 Å². The Labute approximate surface area is 153 Å². The highest BCUT2D eigenvalue weighted by Gasteiger charge is 2.37. The average Bonchev–Trinajstić information content (AvgIpc) is 3.18. The Balaban J connectivity index is 1.43. The first-order valence-corrected chi connectivity index (χ1v) is 8.80. The molecule has 1 aliphatic carbocycles. The minimum atomic E-state index is -4.43. The highest BCUT2D eigenvalue weighted by molar-refractivity contribution is 6.30. The lowest BCUT2D eigenvalue weighted by Crippen LogP contribution is -2.26. The number of aryl methyl sites for hydroxylation is 2. The maximum Gasteiger partial charge on any atom is 0.435 e. The molecule has 1 fully saturated rings. The van der Waals surface area contributed by atoms with Gasteiger partial charge in [0.25, 0.3) is 0 Å². The quantitative estimate of drug-likeness (QED) is 0.705. The number of aromatic nitrogens is 4. The van der Waals surface area contributed by atoms with Crippen molar-refractivity contribution in [1.82, 2.24) is 24.9 Å². The Morgan fingerprint density at radius 1 is 1.35 bits per heavy atom. The van der Waals surface area contributed by atoms with E-state index in [0.717, 1.165) is 18.9 Å². The fraction of sp³-hybridized carbons (Fsp3) is 0.562. The van der Waals surface area contributed by atoms with Gasteiger partial charge in [-0.05, 0) is 25.3 Å². The van der Waals surface area contributed by atoms with Crippen LogP contribution in [0.2, 0.25) is 5.02 Å². The highest BCUT2D eigenvalue weighted by atomic mass is 35.5. The van der Waals surface area contributed by atoms with E-state index in [4.69, 9.17) is 11.6 Å². The van der Waals surface area contributed by atoms with E-state index >= 15 is 0 Å². The van der Waals surface area contributed by atoms with Gasteiger partial charge < -0.3 is 5.32 Å². The van der Waals surface area contributed by atoms with Crippen LogP contribution < -0.4 is 5.32 Å². The number of nitrogens with one attached hydrogen (secondary N) is 1. The molecule has 2 aromatic rings. The molecule has 0 spiro atoms. The summed E-state index contributed by atoms with van der Waals surface area (Å²) in [5.74, 6) is 0.0320. The largest absolute Gasteiger partial charge is 0.435 e. The van der Waals surface area contributed by atoms with Crippen LogP contribution in [-0.2, 0) is 24.1 Å². The van der Waals surface area contributed by atoms with Crippen molar-refractivity contribution in [3.63, 3.8) is 0 Å². The van der Waals surface area contributed by atoms with Crippen molar-refractivity contribution in [2.45, 2.75) is 50.9 Å². The minimum Gasteiger partial charge on any atom is -0.356 e. The number of alkyl halides is 3. The smallest absolute Gasteiger partial charge is 0.356 e. The van der Waals surface area contributed by atoms with Crippen LogP contribution in [0.4, 0.5) is 13.2 Å². The van der Waals surface area contributed by atoms with Gasteiger partial charge in [0.2, 0.25) is 5.91 Å². The van der Waals surface area contributed by atoms with Crippen LogP contribution in [0.3, 0.4) is 0 Å². The van der Waals surface area contributed by atoms with Crippen LogP contribution in [0, 0.1) is 0 Å². The van der Waals surface area contributed by atoms with Crippen molar-refractivity contribution in [1.29, 1.82) is 0 Å². The molecule has 1 N–H and O–H groups in total. The van der Waals surface area contributed by atoms with Gasteiger partial charge >= 0.3 is 6.18 Å². The zero-order valence-corrected chi connectivity index (χ0v) is 14.7. The molecule has 6 nitrogen and oxygen atoms in total. The molecule has 0 unspecified atom stereocenters. The van der Waals surface area contributed by atoms with E-state index in [1.54, 1.807) is 10.9 Å². The minimum absolute atomic E-state index is 0.143. The van der Waals surface area contributed by atoms with Crippen molar-refractivity contribution in [3.05, 3.63) is 34.9 Å². The van der Waals surface area contributed by atoms with Crippen molar-refractivity contribution in [3.8, 4) is 0 Å². The zero-order chi connectivity index (χ0) is 18.7. The summed E-state index contributed by atoms with van der Waals surface area (Å²) < 4.78 is 41.5. The second-order valence-corrected chi connectivity index (χ2v) is 6.76. The third-order valence-corrected chi connectivity index (χ3v) is 4.33. The monoisotopic (exact) mass is 389 g/mol. The number of hydrogen-bond donors (Lipinski definition) is 1. The maximum absolute atomic E-state index is 12.8. The molecular formula is C16H19ClF3N5O. The van der Waals surface area contributed by atoms with E-state index in [9.17, 15) is 18.0 Å². The molecule has 3 rings (SSSR count). The van der Waals surface area contributed by atoms with Crippen molar-refractivity contribution in [2.24, 2.45) is 0 Å². The fourth-order valence-electron chi connectivity index (χ4n) is 2.68. The lowest BCUT2D eigenvalue weighted by atomic mass is 10.2. The summed E-state index contributed by atoms with van der Waals surface area (Å²) in [4.78, 5) is 11.8. The first-order chi connectivity index (χ1) is 12.3. The Morgan fingerprint density at radius 3 is 2.73 bits per heavy atom. The Hall–Kier alpha value is -2.03. The standard InChI is InChI=1S/C16H19ClF3N5O/c17-12-9-22-24(10-12)7-4-15(26)21-5-1-6-25-13(11-2-3-11)8-14(23-25)16(18,19)20/h8-11H,1-7H2,(H,21,26). The van der Waals surface area contributed by atoms with Gasteiger partial charge in [-0.15, -0.1) is 0 Å². The lowest BCUT2D eigenvalue weighted by Gasteiger charge is -2.08. The summed E-state index contributed by atoms with van der Waals surface area (Å²) in [5.41, 5.74) is -0.208. The molecule has 10 heteroatoms. The van der Waals surface area contributed by atoms with Gasteiger partial charge in [0.1, 0.15) is 0 Å². The molecular weight excluding hydrogens is 371 g/mol. The molecule has 0 radical (unpaired) electrons. The highest BCUT2D eigenvalue weighted by Crippen LogP contribution is 2.42. The van der Waals surface area contributed by atoms with E-state index in [0.29, 0.717) is 36.8 Å². The maximum atomic E-state index is 12.8. The van der Waals surface area contributed by atoms with E-state index in [1.807, 2.05) is 0 Å². The molecule has 0 atom stereocenters. The molecule has 26 heavy (non-hydrogen) atoms. The van der Waals surface area contributed by atoms with Gasteiger partial charge in [0.05, 0.1) is 11.2 Å². The summed E-state index contributed by atoms with van der Waals surface area (Å²) in [6.45, 7) is 1.14. The summed E-state index contributed by atoms with van der Waals surface area (Å²) in [6, 6.07) is 1.14. The predicted octanol–water partition coefficient (Wildman–Crippen LogP) is 3.23. The van der Waals surface area contributed by atoms with Crippen LogP contribution in [0.25, 0.3) is 0 Å². The molecule has 0 aromatic carbocycles. The van der Waals surface area contributed by atoms with Gasteiger partial charge in [-0.1, -0.05) is 11.6 Å². The molecule has 0 saturated heterocycles. The molecule has 1 amide bonds. The molecule has 2 heterocycles. The van der Waals surface area contributed by atoms with E-state index in [2.05, 4.69) is 15.5 Å². The van der Waals surface area contributed by atoms with Gasteiger partial charge in [-0.25, -0.2) is 0 Å². The SMILES string of the molecule is O=C(CCn1cc(Cl)cn1)NCCCn1nc(C(F)(F)F)cc1C1CC1. The first-order valence-electron chi connectivity index (χ1n) is 8.42. The third-order valence-electron chi connectivity index (χ3n) is 4.14. The van der Waals surface area contributed by atoms with E-state index < -0.39 is 11.9 Å². The average molecular weight is 390 g/mol. The second-order valence-electron chi connectivity index (χ2n) is 6.32. The molecule has 2 aromatic heterocycles. The van der Waals surface area contributed by atoms with Gasteiger partial charge in [-0.3, -0.25) is 14.2 Å². The number of carbonyl (C=O) groups excluding carboxylic acids is 1. The zero-order valence-electron chi connectivity index (χ0n) is 14.0. The predicted molar refractivity (Wildman–Crippen MR) is 88.7 cm³/mol. The fourth-order valence-corrected chi connectivity index (χ4v) is 2.83. The van der Waals surface area contributed by atoms with Crippen LogP contribution >= 0.6 is 11.6 Å². The topological polar surface area (TPSA) is 64.7 Å². The number of hydrogen-bond acceptors (Lipinski definition) is 3. The second kappa shape index (κ2) is 7.69. The van der Waals surface area contributed by atoms with E-state index in [-0.39, 0.29) is 18.2 Å². The third kappa shape index (κ3) is 5.00. The molecule has 0 bridgehead atoms. The number of nitrogens with zero attached hydrogens (tertiary/aromatic N) is 4. The first kappa shape index (κ1) is 18.8. The number of carbonyl (C=O) groups is 1. The molecule has 0 aliphatic heterocycles.